The molecular formula is C15H20N2O. The van der Waals surface area contributed by atoms with Crippen LogP contribution in [0.3, 0.4) is 0 Å². The highest BCUT2D eigenvalue weighted by atomic mass is 16.3. The Labute approximate surface area is 108 Å². The summed E-state index contributed by atoms with van der Waals surface area (Å²) in [6.07, 6.45) is 5.11. The minimum Gasteiger partial charge on any atom is -0.441 e. The molecule has 3 nitrogen and oxygen atoms in total. The van der Waals surface area contributed by atoms with Gasteiger partial charge in [0.05, 0.1) is 0 Å². The molecule has 1 aromatic heterocycles. The molecule has 1 fully saturated rings. The number of nitrogens with zero attached hydrogens (tertiary/aromatic N) is 1. The van der Waals surface area contributed by atoms with Crippen molar-refractivity contribution in [1.82, 2.24) is 10.3 Å². The highest BCUT2D eigenvalue weighted by Crippen LogP contribution is 2.21. The van der Waals surface area contributed by atoms with Gasteiger partial charge in [0.15, 0.2) is 11.5 Å². The fourth-order valence-electron chi connectivity index (χ4n) is 2.78. The van der Waals surface area contributed by atoms with Crippen molar-refractivity contribution < 1.29 is 4.42 Å². The third kappa shape index (κ3) is 2.56. The van der Waals surface area contributed by atoms with Crippen molar-refractivity contribution in [1.29, 1.82) is 0 Å². The third-order valence-electron chi connectivity index (χ3n) is 3.80. The molecule has 3 heteroatoms. The lowest BCUT2D eigenvalue weighted by Gasteiger charge is -2.22. The molecule has 0 spiro atoms. The van der Waals surface area contributed by atoms with E-state index in [1.807, 2.05) is 6.92 Å². The van der Waals surface area contributed by atoms with Gasteiger partial charge in [0, 0.05) is 6.92 Å². The second-order valence-corrected chi connectivity index (χ2v) is 5.29. The van der Waals surface area contributed by atoms with E-state index in [2.05, 4.69) is 28.5 Å². The van der Waals surface area contributed by atoms with Crippen LogP contribution < -0.4 is 5.32 Å². The monoisotopic (exact) mass is 244 g/mol. The summed E-state index contributed by atoms with van der Waals surface area (Å²) in [6.45, 7) is 4.27. The summed E-state index contributed by atoms with van der Waals surface area (Å²) < 4.78 is 5.58. The molecule has 0 bridgehead atoms. The largest absolute Gasteiger partial charge is 0.441 e. The van der Waals surface area contributed by atoms with Gasteiger partial charge in [-0.3, -0.25) is 0 Å². The van der Waals surface area contributed by atoms with E-state index in [-0.39, 0.29) is 0 Å². The molecular weight excluding hydrogens is 224 g/mol. The Morgan fingerprint density at radius 1 is 1.44 bits per heavy atom. The van der Waals surface area contributed by atoms with Gasteiger partial charge in [-0.2, -0.15) is 0 Å². The highest BCUT2D eigenvalue weighted by molar-refractivity contribution is 5.73. The Balaban J connectivity index is 1.66. The minimum absolute atomic E-state index is 0.749. The maximum absolute atomic E-state index is 5.58. The molecule has 1 aliphatic heterocycles. The van der Waals surface area contributed by atoms with Crippen molar-refractivity contribution in [2.45, 2.75) is 32.6 Å². The van der Waals surface area contributed by atoms with Crippen LogP contribution in [0.15, 0.2) is 22.6 Å². The maximum atomic E-state index is 5.58. The number of hydrogen-bond donors (Lipinski definition) is 1. The number of aromatic nitrogens is 1. The van der Waals surface area contributed by atoms with Gasteiger partial charge in [-0.15, -0.1) is 0 Å². The molecule has 1 aliphatic rings. The molecule has 1 saturated heterocycles. The molecule has 0 radical (unpaired) electrons. The number of aryl methyl sites for hydroxylation is 2. The number of hydrogen-bond acceptors (Lipinski definition) is 3. The number of nitrogens with one attached hydrogen (secondary N) is 1. The smallest absolute Gasteiger partial charge is 0.192 e. The van der Waals surface area contributed by atoms with Crippen molar-refractivity contribution in [3.8, 4) is 0 Å². The molecule has 0 amide bonds. The fraction of sp³-hybridized carbons (Fsp3) is 0.533. The summed E-state index contributed by atoms with van der Waals surface area (Å²) in [7, 11) is 0. The molecule has 2 heterocycles. The van der Waals surface area contributed by atoms with Crippen LogP contribution in [-0.4, -0.2) is 18.1 Å². The Morgan fingerprint density at radius 3 is 3.22 bits per heavy atom. The number of fused-ring (bicyclic) bond motifs is 1. The Kier molecular flexibility index (Phi) is 3.33. The summed E-state index contributed by atoms with van der Waals surface area (Å²) in [4.78, 5) is 4.33. The molecule has 1 aromatic carbocycles. The normalized spacial score (nSPS) is 20.4. The topological polar surface area (TPSA) is 38.1 Å². The minimum atomic E-state index is 0.749. The van der Waals surface area contributed by atoms with Crippen LogP contribution in [-0.2, 0) is 6.42 Å². The zero-order chi connectivity index (χ0) is 12.4. The standard InChI is InChI=1S/C15H20N2O/c1-11-17-14-7-6-12(9-15(14)18-11)4-5-13-3-2-8-16-10-13/h6-7,9,13,16H,2-5,8,10H2,1H3. The lowest BCUT2D eigenvalue weighted by atomic mass is 9.93. The lowest BCUT2D eigenvalue weighted by molar-refractivity contribution is 0.358. The molecule has 1 unspecified atom stereocenters. The van der Waals surface area contributed by atoms with Crippen LogP contribution in [0.5, 0.6) is 0 Å². The first kappa shape index (κ1) is 11.7. The van der Waals surface area contributed by atoms with E-state index in [0.29, 0.717) is 0 Å². The number of oxazole rings is 1. The Bertz CT molecular complexity index is 526. The van der Waals surface area contributed by atoms with Crippen molar-refractivity contribution in [3.63, 3.8) is 0 Å². The first-order chi connectivity index (χ1) is 8.81. The lowest BCUT2D eigenvalue weighted by Crippen LogP contribution is -2.29. The summed E-state index contributed by atoms with van der Waals surface area (Å²) in [5.41, 5.74) is 3.26. The van der Waals surface area contributed by atoms with Crippen LogP contribution in [0.2, 0.25) is 0 Å². The predicted molar refractivity (Wildman–Crippen MR) is 72.7 cm³/mol. The summed E-state index contributed by atoms with van der Waals surface area (Å²) in [6, 6.07) is 6.40. The van der Waals surface area contributed by atoms with Gasteiger partial charge >= 0.3 is 0 Å². The highest BCUT2D eigenvalue weighted by Gasteiger charge is 2.13. The van der Waals surface area contributed by atoms with E-state index in [9.17, 15) is 0 Å². The molecule has 96 valence electrons. The number of rotatable bonds is 3. The molecule has 1 atom stereocenters. The third-order valence-corrected chi connectivity index (χ3v) is 3.80. The molecule has 0 aliphatic carbocycles. The SMILES string of the molecule is Cc1nc2ccc(CCC3CCCNC3)cc2o1. The average Bonchev–Trinajstić information content (AvgIpc) is 2.77. The van der Waals surface area contributed by atoms with Crippen molar-refractivity contribution in [2.75, 3.05) is 13.1 Å². The first-order valence-corrected chi connectivity index (χ1v) is 6.88. The van der Waals surface area contributed by atoms with Gasteiger partial charge in [-0.05, 0) is 62.4 Å². The van der Waals surface area contributed by atoms with Gasteiger partial charge in [0.2, 0.25) is 0 Å². The molecule has 1 N–H and O–H groups in total. The van der Waals surface area contributed by atoms with Gasteiger partial charge < -0.3 is 9.73 Å². The van der Waals surface area contributed by atoms with Crippen LogP contribution in [0.1, 0.15) is 30.7 Å². The predicted octanol–water partition coefficient (Wildman–Crippen LogP) is 3.07. The summed E-state index contributed by atoms with van der Waals surface area (Å²) in [5, 5.41) is 3.48. The Hall–Kier alpha value is -1.35. The summed E-state index contributed by atoms with van der Waals surface area (Å²) in [5.74, 6) is 1.59. The van der Waals surface area contributed by atoms with E-state index in [1.165, 1.54) is 37.9 Å². The van der Waals surface area contributed by atoms with Crippen molar-refractivity contribution in [2.24, 2.45) is 5.92 Å². The van der Waals surface area contributed by atoms with Crippen molar-refractivity contribution in [3.05, 3.63) is 29.7 Å². The second-order valence-electron chi connectivity index (χ2n) is 5.29. The van der Waals surface area contributed by atoms with Crippen LogP contribution >= 0.6 is 0 Å². The van der Waals surface area contributed by atoms with Crippen LogP contribution in [0.4, 0.5) is 0 Å². The fourth-order valence-corrected chi connectivity index (χ4v) is 2.78. The molecule has 3 rings (SSSR count). The Morgan fingerprint density at radius 2 is 2.39 bits per heavy atom. The van der Waals surface area contributed by atoms with Crippen LogP contribution in [0, 0.1) is 12.8 Å². The second kappa shape index (κ2) is 5.11. The summed E-state index contributed by atoms with van der Waals surface area (Å²) >= 11 is 0. The van der Waals surface area contributed by atoms with E-state index >= 15 is 0 Å². The maximum Gasteiger partial charge on any atom is 0.192 e. The van der Waals surface area contributed by atoms with E-state index in [1.54, 1.807) is 0 Å². The zero-order valence-corrected chi connectivity index (χ0v) is 10.9. The molecule has 2 aromatic rings. The van der Waals surface area contributed by atoms with Gasteiger partial charge in [0.25, 0.3) is 0 Å². The number of piperidine rings is 1. The molecule has 18 heavy (non-hydrogen) atoms. The zero-order valence-electron chi connectivity index (χ0n) is 10.9. The van der Waals surface area contributed by atoms with Gasteiger partial charge in [-0.1, -0.05) is 6.07 Å². The van der Waals surface area contributed by atoms with Crippen LogP contribution in [0.25, 0.3) is 11.1 Å². The van der Waals surface area contributed by atoms with E-state index in [4.69, 9.17) is 4.42 Å². The molecule has 0 saturated carbocycles. The van der Waals surface area contributed by atoms with Gasteiger partial charge in [-0.25, -0.2) is 4.98 Å². The van der Waals surface area contributed by atoms with E-state index in [0.717, 1.165) is 29.3 Å². The number of benzene rings is 1. The van der Waals surface area contributed by atoms with Gasteiger partial charge in [0.1, 0.15) is 5.52 Å². The van der Waals surface area contributed by atoms with Crippen molar-refractivity contribution >= 4 is 11.1 Å². The average molecular weight is 244 g/mol. The quantitative estimate of drug-likeness (QED) is 0.901. The van der Waals surface area contributed by atoms with E-state index < -0.39 is 0 Å². The first-order valence-electron chi connectivity index (χ1n) is 6.88.